The number of aromatic nitrogens is 2. The molecule has 1 aromatic heterocycles. The monoisotopic (exact) mass is 319 g/mol. The second-order valence-electron chi connectivity index (χ2n) is 5.59. The van der Waals surface area contributed by atoms with E-state index in [1.54, 1.807) is 23.1 Å². The van der Waals surface area contributed by atoms with E-state index in [0.717, 1.165) is 5.69 Å². The third kappa shape index (κ3) is 3.00. The molecule has 1 aromatic carbocycles. The van der Waals surface area contributed by atoms with Gasteiger partial charge in [0.15, 0.2) is 0 Å². The highest BCUT2D eigenvalue weighted by atomic mass is 35.5. The van der Waals surface area contributed by atoms with Crippen molar-refractivity contribution >= 4 is 17.5 Å². The molecule has 0 radical (unpaired) electrons. The molecule has 1 amide bonds. The van der Waals surface area contributed by atoms with E-state index in [0.29, 0.717) is 23.7 Å². The highest BCUT2D eigenvalue weighted by Gasteiger charge is 2.27. The number of nitrogens with zero attached hydrogens (tertiary/aromatic N) is 3. The van der Waals surface area contributed by atoms with Crippen LogP contribution in [0.15, 0.2) is 36.7 Å². The second kappa shape index (κ2) is 6.10. The van der Waals surface area contributed by atoms with E-state index in [2.05, 4.69) is 5.10 Å². The molecule has 0 bridgehead atoms. The average molecular weight is 320 g/mol. The highest BCUT2D eigenvalue weighted by molar-refractivity contribution is 6.32. The van der Waals surface area contributed by atoms with Crippen LogP contribution in [-0.4, -0.2) is 45.9 Å². The first kappa shape index (κ1) is 15.1. The van der Waals surface area contributed by atoms with Gasteiger partial charge in [-0.25, -0.2) is 4.68 Å². The molecule has 2 aromatic rings. The molecule has 1 aliphatic rings. The van der Waals surface area contributed by atoms with Gasteiger partial charge >= 0.3 is 0 Å². The van der Waals surface area contributed by atoms with Crippen LogP contribution in [-0.2, 0) is 4.74 Å². The molecule has 1 fully saturated rings. The fourth-order valence-corrected chi connectivity index (χ4v) is 2.95. The number of halogens is 1. The van der Waals surface area contributed by atoms with Gasteiger partial charge in [0.25, 0.3) is 5.91 Å². The first-order valence-corrected chi connectivity index (χ1v) is 7.66. The molecule has 1 saturated heterocycles. The molecule has 5 nitrogen and oxygen atoms in total. The molecule has 2 atom stereocenters. The Morgan fingerprint density at radius 3 is 2.64 bits per heavy atom. The van der Waals surface area contributed by atoms with Crippen molar-refractivity contribution < 1.29 is 9.53 Å². The van der Waals surface area contributed by atoms with Crippen molar-refractivity contribution in [1.29, 1.82) is 0 Å². The second-order valence-corrected chi connectivity index (χ2v) is 6.00. The lowest BCUT2D eigenvalue weighted by atomic mass is 10.2. The summed E-state index contributed by atoms with van der Waals surface area (Å²) >= 11 is 6.16. The number of morpholine rings is 1. The third-order valence-corrected chi connectivity index (χ3v) is 3.96. The van der Waals surface area contributed by atoms with Gasteiger partial charge in [0.2, 0.25) is 0 Å². The van der Waals surface area contributed by atoms with Crippen molar-refractivity contribution in [2.24, 2.45) is 0 Å². The minimum absolute atomic E-state index is 0.0275. The summed E-state index contributed by atoms with van der Waals surface area (Å²) in [5, 5.41) is 4.85. The van der Waals surface area contributed by atoms with Gasteiger partial charge in [0.05, 0.1) is 34.7 Å². The van der Waals surface area contributed by atoms with Crippen LogP contribution < -0.4 is 0 Å². The molecule has 22 heavy (non-hydrogen) atoms. The Balaban J connectivity index is 1.82. The first-order chi connectivity index (χ1) is 10.5. The maximum absolute atomic E-state index is 12.6. The summed E-state index contributed by atoms with van der Waals surface area (Å²) in [7, 11) is 0. The van der Waals surface area contributed by atoms with E-state index in [1.165, 1.54) is 0 Å². The molecule has 0 saturated carbocycles. The van der Waals surface area contributed by atoms with Gasteiger partial charge in [-0.05, 0) is 26.0 Å². The number of benzene rings is 1. The van der Waals surface area contributed by atoms with Crippen LogP contribution in [0.1, 0.15) is 24.2 Å². The van der Waals surface area contributed by atoms with Crippen LogP contribution in [0.2, 0.25) is 5.02 Å². The van der Waals surface area contributed by atoms with Gasteiger partial charge in [0.1, 0.15) is 0 Å². The van der Waals surface area contributed by atoms with E-state index < -0.39 is 0 Å². The maximum Gasteiger partial charge on any atom is 0.257 e. The van der Waals surface area contributed by atoms with Gasteiger partial charge in [0, 0.05) is 19.3 Å². The fraction of sp³-hybridized carbons (Fsp3) is 0.375. The van der Waals surface area contributed by atoms with Crippen molar-refractivity contribution in [2.75, 3.05) is 13.1 Å². The quantitative estimate of drug-likeness (QED) is 0.855. The third-order valence-electron chi connectivity index (χ3n) is 3.64. The Hall–Kier alpha value is -1.85. The van der Waals surface area contributed by atoms with Crippen LogP contribution in [0.4, 0.5) is 0 Å². The van der Waals surface area contributed by atoms with Crippen molar-refractivity contribution in [1.82, 2.24) is 14.7 Å². The number of hydrogen-bond donors (Lipinski definition) is 0. The number of para-hydroxylation sites is 1. The molecule has 6 heteroatoms. The van der Waals surface area contributed by atoms with E-state index in [-0.39, 0.29) is 18.1 Å². The summed E-state index contributed by atoms with van der Waals surface area (Å²) in [6.45, 7) is 5.15. The fourth-order valence-electron chi connectivity index (χ4n) is 2.73. The molecular weight excluding hydrogens is 302 g/mol. The molecule has 0 aliphatic carbocycles. The smallest absolute Gasteiger partial charge is 0.257 e. The highest BCUT2D eigenvalue weighted by Crippen LogP contribution is 2.20. The average Bonchev–Trinajstić information content (AvgIpc) is 2.95. The van der Waals surface area contributed by atoms with Crippen molar-refractivity contribution in [3.05, 3.63) is 47.2 Å². The molecule has 1 aliphatic heterocycles. The van der Waals surface area contributed by atoms with E-state index in [1.807, 2.05) is 36.9 Å². The lowest BCUT2D eigenvalue weighted by molar-refractivity contribution is -0.0586. The number of hydrogen-bond acceptors (Lipinski definition) is 3. The van der Waals surface area contributed by atoms with Crippen LogP contribution in [0.25, 0.3) is 5.69 Å². The Kier molecular flexibility index (Phi) is 4.18. The summed E-state index contributed by atoms with van der Waals surface area (Å²) in [6, 6.07) is 7.40. The number of carbonyl (C=O) groups excluding carboxylic acids is 1. The first-order valence-electron chi connectivity index (χ1n) is 7.29. The zero-order valence-electron chi connectivity index (χ0n) is 12.6. The van der Waals surface area contributed by atoms with Crippen LogP contribution in [0.3, 0.4) is 0 Å². The zero-order chi connectivity index (χ0) is 15.7. The van der Waals surface area contributed by atoms with Crippen molar-refractivity contribution in [3.8, 4) is 5.69 Å². The van der Waals surface area contributed by atoms with Gasteiger partial charge in [-0.15, -0.1) is 0 Å². The lowest BCUT2D eigenvalue weighted by Crippen LogP contribution is -2.48. The molecule has 116 valence electrons. The van der Waals surface area contributed by atoms with Crippen LogP contribution in [0.5, 0.6) is 0 Å². The molecule has 0 N–H and O–H groups in total. The van der Waals surface area contributed by atoms with Gasteiger partial charge in [-0.2, -0.15) is 5.10 Å². The SMILES string of the molecule is C[C@H]1CN(C(=O)c2cnn(-c3ccccc3Cl)c2)C[C@H](C)O1. The zero-order valence-corrected chi connectivity index (χ0v) is 13.3. The standard InChI is InChI=1S/C16H18ClN3O2/c1-11-8-19(9-12(2)22-11)16(21)13-7-18-20(10-13)15-6-4-3-5-14(15)17/h3-7,10-12H,8-9H2,1-2H3/t11-,12-/m0/s1. The Morgan fingerprint density at radius 1 is 1.27 bits per heavy atom. The normalized spacial score (nSPS) is 21.9. The summed E-state index contributed by atoms with van der Waals surface area (Å²) in [4.78, 5) is 14.4. The Morgan fingerprint density at radius 2 is 1.95 bits per heavy atom. The largest absolute Gasteiger partial charge is 0.372 e. The van der Waals surface area contributed by atoms with E-state index in [4.69, 9.17) is 16.3 Å². The molecule has 0 spiro atoms. The van der Waals surface area contributed by atoms with E-state index >= 15 is 0 Å². The summed E-state index contributed by atoms with van der Waals surface area (Å²) in [5.41, 5.74) is 1.31. The number of ether oxygens (including phenoxy) is 1. The summed E-state index contributed by atoms with van der Waals surface area (Å²) in [6.07, 6.45) is 3.39. The number of rotatable bonds is 2. The molecule has 2 heterocycles. The van der Waals surface area contributed by atoms with Crippen molar-refractivity contribution in [2.45, 2.75) is 26.1 Å². The van der Waals surface area contributed by atoms with Crippen LogP contribution >= 0.6 is 11.6 Å². The van der Waals surface area contributed by atoms with E-state index in [9.17, 15) is 4.79 Å². The minimum Gasteiger partial charge on any atom is -0.372 e. The number of amides is 1. The van der Waals surface area contributed by atoms with Gasteiger partial charge in [-0.3, -0.25) is 4.79 Å². The Bertz CT molecular complexity index is 676. The Labute approximate surface area is 134 Å². The van der Waals surface area contributed by atoms with Gasteiger partial charge in [-0.1, -0.05) is 23.7 Å². The maximum atomic E-state index is 12.6. The molecular formula is C16H18ClN3O2. The lowest BCUT2D eigenvalue weighted by Gasteiger charge is -2.35. The van der Waals surface area contributed by atoms with Crippen LogP contribution in [0, 0.1) is 0 Å². The summed E-state index contributed by atoms with van der Waals surface area (Å²) in [5.74, 6) is -0.0275. The molecule has 0 unspecified atom stereocenters. The predicted octanol–water partition coefficient (Wildman–Crippen LogP) is 2.78. The van der Waals surface area contributed by atoms with Gasteiger partial charge < -0.3 is 9.64 Å². The topological polar surface area (TPSA) is 47.4 Å². The predicted molar refractivity (Wildman–Crippen MR) is 84.5 cm³/mol. The summed E-state index contributed by atoms with van der Waals surface area (Å²) < 4.78 is 7.29. The number of carbonyl (C=O) groups is 1. The minimum atomic E-state index is -0.0275. The molecule has 3 rings (SSSR count). The van der Waals surface area contributed by atoms with Crippen molar-refractivity contribution in [3.63, 3.8) is 0 Å².